The molecule has 0 fully saturated rings. The summed E-state index contributed by atoms with van der Waals surface area (Å²) in [5.41, 5.74) is 4.47. The van der Waals surface area contributed by atoms with Crippen molar-refractivity contribution in [2.45, 2.75) is 59.3 Å². The van der Waals surface area contributed by atoms with Crippen molar-refractivity contribution in [1.29, 1.82) is 0 Å². The number of unbranched alkanes of at least 4 members (excludes halogenated alkanes) is 4. The van der Waals surface area contributed by atoms with Crippen molar-refractivity contribution >= 4 is 23.5 Å². The van der Waals surface area contributed by atoms with Gasteiger partial charge in [0.1, 0.15) is 0 Å². The van der Waals surface area contributed by atoms with Gasteiger partial charge in [-0.3, -0.25) is 19.2 Å². The van der Waals surface area contributed by atoms with Gasteiger partial charge in [0, 0.05) is 19.9 Å². The van der Waals surface area contributed by atoms with E-state index in [0.717, 1.165) is 19.3 Å². The maximum atomic E-state index is 11.4. The zero-order valence-electron chi connectivity index (χ0n) is 13.9. The normalized spacial score (nSPS) is 9.23. The summed E-state index contributed by atoms with van der Waals surface area (Å²) < 4.78 is 0. The average Bonchev–Trinajstić information content (AvgIpc) is 2.44. The molecule has 0 radical (unpaired) electrons. The fourth-order valence-electron chi connectivity index (χ4n) is 1.50. The summed E-state index contributed by atoms with van der Waals surface area (Å²) in [6.07, 6.45) is 5.80. The predicted molar refractivity (Wildman–Crippen MR) is 84.9 cm³/mol. The topological polar surface area (TPSA) is 118 Å². The first-order chi connectivity index (χ1) is 10.3. The first-order valence-electron chi connectivity index (χ1n) is 7.68. The number of likely N-dealkylation sites (N-methyl/N-ethyl adjacent to an activating group) is 1. The number of carbonyl (C=O) groups is 4. The van der Waals surface area contributed by atoms with Gasteiger partial charge in [0.25, 0.3) is 5.91 Å². The molecule has 0 heterocycles. The molecular formula is C15H29N3O4. The molecule has 0 spiro atoms. The number of primary amides is 1. The van der Waals surface area contributed by atoms with Crippen molar-refractivity contribution in [3.8, 4) is 0 Å². The van der Waals surface area contributed by atoms with Crippen LogP contribution in [0.4, 0.5) is 0 Å². The van der Waals surface area contributed by atoms with Crippen molar-refractivity contribution in [3.05, 3.63) is 0 Å². The molecule has 7 nitrogen and oxygen atoms in total. The number of amides is 3. The number of rotatable bonds is 10. The van der Waals surface area contributed by atoms with Gasteiger partial charge in [0.15, 0.2) is 0 Å². The predicted octanol–water partition coefficient (Wildman–Crippen LogP) is 0.660. The molecule has 22 heavy (non-hydrogen) atoms. The molecule has 0 aliphatic heterocycles. The van der Waals surface area contributed by atoms with Gasteiger partial charge in [0.2, 0.25) is 17.6 Å². The van der Waals surface area contributed by atoms with Crippen LogP contribution in [0.2, 0.25) is 0 Å². The zero-order valence-corrected chi connectivity index (χ0v) is 13.9. The number of carbonyl (C=O) groups excluding carboxylic acids is 4. The van der Waals surface area contributed by atoms with E-state index in [1.165, 1.54) is 19.8 Å². The monoisotopic (exact) mass is 315 g/mol. The Bertz CT molecular complexity index is 353. The fourth-order valence-corrected chi connectivity index (χ4v) is 1.50. The molecule has 128 valence electrons. The van der Waals surface area contributed by atoms with Crippen LogP contribution in [0.15, 0.2) is 0 Å². The van der Waals surface area contributed by atoms with E-state index >= 15 is 0 Å². The Morgan fingerprint density at radius 1 is 0.909 bits per heavy atom. The summed E-state index contributed by atoms with van der Waals surface area (Å²) in [6, 6.07) is 0. The molecule has 4 N–H and O–H groups in total. The Morgan fingerprint density at radius 3 is 1.95 bits per heavy atom. The highest BCUT2D eigenvalue weighted by Gasteiger charge is 2.13. The second kappa shape index (κ2) is 15.5. The van der Waals surface area contributed by atoms with Crippen LogP contribution in [-0.2, 0) is 19.2 Å². The van der Waals surface area contributed by atoms with Crippen molar-refractivity contribution < 1.29 is 19.2 Å². The quantitative estimate of drug-likeness (QED) is 0.405. The van der Waals surface area contributed by atoms with E-state index in [1.54, 1.807) is 6.92 Å². The van der Waals surface area contributed by atoms with Crippen molar-refractivity contribution in [2.75, 3.05) is 13.1 Å². The number of ketones is 1. The van der Waals surface area contributed by atoms with Gasteiger partial charge in [-0.25, -0.2) is 0 Å². The molecule has 0 saturated carbocycles. The Kier molecular flexibility index (Phi) is 15.7. The molecule has 7 heteroatoms. The van der Waals surface area contributed by atoms with E-state index in [-0.39, 0.29) is 18.4 Å². The van der Waals surface area contributed by atoms with Gasteiger partial charge in [0.05, 0.1) is 6.54 Å². The molecule has 0 aromatic carbocycles. The number of hydrogen-bond donors (Lipinski definition) is 3. The van der Waals surface area contributed by atoms with Crippen LogP contribution in [0.25, 0.3) is 0 Å². The zero-order chi connectivity index (χ0) is 17.4. The van der Waals surface area contributed by atoms with Crippen LogP contribution in [0.1, 0.15) is 59.3 Å². The summed E-state index contributed by atoms with van der Waals surface area (Å²) >= 11 is 0. The summed E-state index contributed by atoms with van der Waals surface area (Å²) in [5, 5.41) is 4.86. The molecule has 0 saturated heterocycles. The molecule has 0 aromatic rings. The maximum absolute atomic E-state index is 11.4. The minimum absolute atomic E-state index is 0.163. The molecule has 0 aliphatic rings. The third kappa shape index (κ3) is 18.1. The number of hydrogen-bond acceptors (Lipinski definition) is 4. The van der Waals surface area contributed by atoms with Crippen LogP contribution >= 0.6 is 0 Å². The van der Waals surface area contributed by atoms with E-state index < -0.39 is 11.7 Å². The van der Waals surface area contributed by atoms with Crippen LogP contribution in [-0.4, -0.2) is 36.6 Å². The second-order valence-electron chi connectivity index (χ2n) is 4.83. The molecule has 0 bridgehead atoms. The van der Waals surface area contributed by atoms with E-state index in [9.17, 15) is 19.2 Å². The van der Waals surface area contributed by atoms with Crippen LogP contribution in [0.3, 0.4) is 0 Å². The highest BCUT2D eigenvalue weighted by molar-refractivity contribution is 6.37. The van der Waals surface area contributed by atoms with Crippen molar-refractivity contribution in [1.82, 2.24) is 10.6 Å². The van der Waals surface area contributed by atoms with E-state index in [0.29, 0.717) is 13.0 Å². The second-order valence-corrected chi connectivity index (χ2v) is 4.83. The molecule has 0 aliphatic carbocycles. The van der Waals surface area contributed by atoms with Gasteiger partial charge >= 0.3 is 0 Å². The highest BCUT2D eigenvalue weighted by atomic mass is 16.2. The lowest BCUT2D eigenvalue weighted by molar-refractivity contribution is -0.138. The average molecular weight is 315 g/mol. The van der Waals surface area contributed by atoms with E-state index in [1.807, 2.05) is 0 Å². The molecule has 3 amide bonds. The van der Waals surface area contributed by atoms with Crippen LogP contribution in [0.5, 0.6) is 0 Å². The highest BCUT2D eigenvalue weighted by Crippen LogP contribution is 2.04. The SMILES string of the molecule is CC(N)=O.CCCCCCCC(=O)NCC(=O)C(=O)NCC. The van der Waals surface area contributed by atoms with Crippen molar-refractivity contribution in [3.63, 3.8) is 0 Å². The fraction of sp³-hybridized carbons (Fsp3) is 0.733. The third-order valence-electron chi connectivity index (χ3n) is 2.54. The molecule has 0 atom stereocenters. The third-order valence-corrected chi connectivity index (χ3v) is 2.54. The Balaban J connectivity index is 0. The van der Waals surface area contributed by atoms with Gasteiger partial charge in [-0.15, -0.1) is 0 Å². The number of nitrogens with two attached hydrogens (primary N) is 1. The van der Waals surface area contributed by atoms with Gasteiger partial charge in [-0.2, -0.15) is 0 Å². The first kappa shape index (κ1) is 22.4. The van der Waals surface area contributed by atoms with Crippen molar-refractivity contribution in [2.24, 2.45) is 5.73 Å². The molecule has 0 rings (SSSR count). The summed E-state index contributed by atoms with van der Waals surface area (Å²) in [6.45, 7) is 5.38. The van der Waals surface area contributed by atoms with E-state index in [2.05, 4.69) is 23.3 Å². The molecule has 0 unspecified atom stereocenters. The lowest BCUT2D eigenvalue weighted by atomic mass is 10.1. The Hall–Kier alpha value is -1.92. The minimum atomic E-state index is -0.638. The van der Waals surface area contributed by atoms with Crippen LogP contribution in [0, 0.1) is 0 Å². The van der Waals surface area contributed by atoms with E-state index in [4.69, 9.17) is 0 Å². The molecule has 0 aromatic heterocycles. The van der Waals surface area contributed by atoms with Crippen LogP contribution < -0.4 is 16.4 Å². The Labute approximate surface area is 132 Å². The van der Waals surface area contributed by atoms with Gasteiger partial charge in [-0.05, 0) is 13.3 Å². The summed E-state index contributed by atoms with van der Waals surface area (Å²) in [4.78, 5) is 42.9. The Morgan fingerprint density at radius 2 is 1.45 bits per heavy atom. The lowest BCUT2D eigenvalue weighted by Gasteiger charge is -2.04. The summed E-state index contributed by atoms with van der Waals surface area (Å²) in [5.74, 6) is -1.74. The molecular weight excluding hydrogens is 286 g/mol. The van der Waals surface area contributed by atoms with Gasteiger partial charge < -0.3 is 16.4 Å². The number of nitrogens with one attached hydrogen (secondary N) is 2. The largest absolute Gasteiger partial charge is 0.370 e. The maximum Gasteiger partial charge on any atom is 0.289 e. The summed E-state index contributed by atoms with van der Waals surface area (Å²) in [7, 11) is 0. The van der Waals surface area contributed by atoms with Gasteiger partial charge in [-0.1, -0.05) is 32.6 Å². The minimum Gasteiger partial charge on any atom is -0.370 e. The standard InChI is InChI=1S/C13H24N2O3.C2H5NO/c1-3-5-6-7-8-9-12(17)15-10-11(16)13(18)14-4-2;1-2(3)4/h3-10H2,1-2H3,(H,14,18)(H,15,17);1H3,(H2,3,4). The number of Topliss-reactive ketones (excluding diaryl/α,β-unsaturated/α-hetero) is 1. The lowest BCUT2D eigenvalue weighted by Crippen LogP contribution is -2.39. The smallest absolute Gasteiger partial charge is 0.289 e. The first-order valence-corrected chi connectivity index (χ1v) is 7.68.